The topological polar surface area (TPSA) is 39.7 Å². The number of fused-ring (bicyclic) bond motifs is 1. The molecule has 0 radical (unpaired) electrons. The predicted molar refractivity (Wildman–Crippen MR) is 82.3 cm³/mol. The van der Waals surface area contributed by atoms with Crippen LogP contribution >= 0.6 is 0 Å². The summed E-state index contributed by atoms with van der Waals surface area (Å²) >= 11 is 0. The third-order valence-corrected chi connectivity index (χ3v) is 4.58. The molecular formula is C17H25NO3. The number of ether oxygens (including phenoxy) is 3. The Balaban J connectivity index is 1.74. The standard InChI is InChI=1S/C17H25NO3/c1-13-10-17(11-13,12-18-5-6-19-2)14-3-4-15-16(9-14)21-8-7-20-15/h3-4,9,13,18H,5-8,10-12H2,1-2H3. The average Bonchev–Trinajstić information content (AvgIpc) is 2.49. The van der Waals surface area contributed by atoms with Crippen LogP contribution in [0.3, 0.4) is 0 Å². The van der Waals surface area contributed by atoms with Crippen LogP contribution in [0.15, 0.2) is 18.2 Å². The van der Waals surface area contributed by atoms with Crippen molar-refractivity contribution in [1.29, 1.82) is 0 Å². The van der Waals surface area contributed by atoms with Crippen molar-refractivity contribution in [3.63, 3.8) is 0 Å². The minimum atomic E-state index is 0.239. The normalized spacial score (nSPS) is 27.2. The first-order valence-corrected chi connectivity index (χ1v) is 7.83. The molecule has 0 aromatic heterocycles. The van der Waals surface area contributed by atoms with E-state index in [-0.39, 0.29) is 5.41 Å². The fraction of sp³-hybridized carbons (Fsp3) is 0.647. The summed E-state index contributed by atoms with van der Waals surface area (Å²) in [5.74, 6) is 2.57. The van der Waals surface area contributed by atoms with E-state index >= 15 is 0 Å². The van der Waals surface area contributed by atoms with Gasteiger partial charge in [-0.3, -0.25) is 0 Å². The molecule has 3 rings (SSSR count). The molecule has 0 bridgehead atoms. The van der Waals surface area contributed by atoms with Crippen LogP contribution in [-0.2, 0) is 10.2 Å². The number of hydrogen-bond acceptors (Lipinski definition) is 4. The Labute approximate surface area is 126 Å². The number of nitrogens with one attached hydrogen (secondary N) is 1. The van der Waals surface area contributed by atoms with Gasteiger partial charge in [0.15, 0.2) is 11.5 Å². The van der Waals surface area contributed by atoms with Gasteiger partial charge < -0.3 is 19.5 Å². The van der Waals surface area contributed by atoms with E-state index in [0.717, 1.165) is 37.1 Å². The molecule has 4 nitrogen and oxygen atoms in total. The maximum Gasteiger partial charge on any atom is 0.161 e. The lowest BCUT2D eigenvalue weighted by Crippen LogP contribution is -2.48. The Hall–Kier alpha value is -1.26. The van der Waals surface area contributed by atoms with Crippen LogP contribution < -0.4 is 14.8 Å². The van der Waals surface area contributed by atoms with Crippen LogP contribution in [0.5, 0.6) is 11.5 Å². The van der Waals surface area contributed by atoms with E-state index in [0.29, 0.717) is 13.2 Å². The first-order valence-electron chi connectivity index (χ1n) is 7.83. The molecule has 1 aromatic rings. The van der Waals surface area contributed by atoms with Crippen LogP contribution in [-0.4, -0.2) is 40.0 Å². The van der Waals surface area contributed by atoms with Gasteiger partial charge in [0.1, 0.15) is 13.2 Å². The molecule has 1 aliphatic heterocycles. The van der Waals surface area contributed by atoms with Gasteiger partial charge in [0.05, 0.1) is 6.61 Å². The van der Waals surface area contributed by atoms with E-state index in [1.165, 1.54) is 18.4 Å². The van der Waals surface area contributed by atoms with E-state index in [2.05, 4.69) is 30.4 Å². The van der Waals surface area contributed by atoms with Crippen LogP contribution in [0.25, 0.3) is 0 Å². The lowest BCUT2D eigenvalue weighted by Gasteiger charge is -2.47. The molecule has 1 aliphatic carbocycles. The Bertz CT molecular complexity index is 483. The molecule has 1 saturated carbocycles. The van der Waals surface area contributed by atoms with Gasteiger partial charge in [0.25, 0.3) is 0 Å². The van der Waals surface area contributed by atoms with Crippen molar-refractivity contribution in [3.8, 4) is 11.5 Å². The van der Waals surface area contributed by atoms with Crippen LogP contribution in [0, 0.1) is 5.92 Å². The SMILES string of the molecule is COCCNCC1(c2ccc3c(c2)OCCO3)CC(C)C1. The van der Waals surface area contributed by atoms with Crippen LogP contribution in [0.2, 0.25) is 0 Å². The van der Waals surface area contributed by atoms with Gasteiger partial charge >= 0.3 is 0 Å². The molecular weight excluding hydrogens is 266 g/mol. The molecule has 1 N–H and O–H groups in total. The number of methoxy groups -OCH3 is 1. The molecule has 1 heterocycles. The molecule has 0 saturated heterocycles. The summed E-state index contributed by atoms with van der Waals surface area (Å²) in [5, 5.41) is 3.53. The fourth-order valence-corrected chi connectivity index (χ4v) is 3.63. The van der Waals surface area contributed by atoms with Crippen LogP contribution in [0.4, 0.5) is 0 Å². The third-order valence-electron chi connectivity index (χ3n) is 4.58. The van der Waals surface area contributed by atoms with E-state index in [9.17, 15) is 0 Å². The lowest BCUT2D eigenvalue weighted by molar-refractivity contribution is 0.141. The van der Waals surface area contributed by atoms with E-state index in [4.69, 9.17) is 14.2 Å². The third kappa shape index (κ3) is 3.01. The highest BCUT2D eigenvalue weighted by molar-refractivity contribution is 5.47. The lowest BCUT2D eigenvalue weighted by atomic mass is 9.59. The summed E-state index contributed by atoms with van der Waals surface area (Å²) in [4.78, 5) is 0. The second-order valence-electron chi connectivity index (χ2n) is 6.32. The summed E-state index contributed by atoms with van der Waals surface area (Å²) < 4.78 is 16.5. The summed E-state index contributed by atoms with van der Waals surface area (Å²) in [7, 11) is 1.74. The van der Waals surface area contributed by atoms with Gasteiger partial charge in [-0.2, -0.15) is 0 Å². The summed E-state index contributed by atoms with van der Waals surface area (Å²) in [5.41, 5.74) is 1.61. The second-order valence-corrected chi connectivity index (χ2v) is 6.32. The Kier molecular flexibility index (Phi) is 4.36. The molecule has 2 aliphatic rings. The molecule has 4 heteroatoms. The molecule has 116 valence electrons. The number of hydrogen-bond donors (Lipinski definition) is 1. The van der Waals surface area contributed by atoms with Crippen molar-refractivity contribution in [2.24, 2.45) is 5.92 Å². The predicted octanol–water partition coefficient (Wildman–Crippen LogP) is 2.36. The highest BCUT2D eigenvalue weighted by Crippen LogP contribution is 2.49. The average molecular weight is 291 g/mol. The zero-order valence-electron chi connectivity index (χ0n) is 13.0. The second kappa shape index (κ2) is 6.24. The molecule has 0 amide bonds. The van der Waals surface area contributed by atoms with Crippen molar-refractivity contribution in [2.75, 3.05) is 40.0 Å². The summed E-state index contributed by atoms with van der Waals surface area (Å²) in [6.07, 6.45) is 2.46. The molecule has 0 unspecified atom stereocenters. The Morgan fingerprint density at radius 3 is 2.71 bits per heavy atom. The highest BCUT2D eigenvalue weighted by Gasteiger charge is 2.43. The van der Waals surface area contributed by atoms with Gasteiger partial charge in [-0.05, 0) is 36.5 Å². The van der Waals surface area contributed by atoms with Gasteiger partial charge in [-0.1, -0.05) is 13.0 Å². The van der Waals surface area contributed by atoms with Crippen molar-refractivity contribution in [1.82, 2.24) is 5.32 Å². The quantitative estimate of drug-likeness (QED) is 0.817. The molecule has 0 spiro atoms. The van der Waals surface area contributed by atoms with Crippen LogP contribution in [0.1, 0.15) is 25.3 Å². The summed E-state index contributed by atoms with van der Waals surface area (Å²) in [6.45, 7) is 6.27. The highest BCUT2D eigenvalue weighted by atomic mass is 16.6. The van der Waals surface area contributed by atoms with Gasteiger partial charge in [-0.25, -0.2) is 0 Å². The maximum atomic E-state index is 5.73. The zero-order valence-corrected chi connectivity index (χ0v) is 13.0. The Morgan fingerprint density at radius 2 is 2.00 bits per heavy atom. The Morgan fingerprint density at radius 1 is 1.24 bits per heavy atom. The summed E-state index contributed by atoms with van der Waals surface area (Å²) in [6, 6.07) is 6.44. The molecule has 1 aromatic carbocycles. The molecule has 21 heavy (non-hydrogen) atoms. The minimum absolute atomic E-state index is 0.239. The smallest absolute Gasteiger partial charge is 0.161 e. The van der Waals surface area contributed by atoms with Crippen molar-refractivity contribution >= 4 is 0 Å². The molecule has 1 fully saturated rings. The zero-order chi connectivity index (χ0) is 14.7. The molecule has 0 atom stereocenters. The maximum absolute atomic E-state index is 5.73. The van der Waals surface area contributed by atoms with Crippen molar-refractivity contribution < 1.29 is 14.2 Å². The first-order chi connectivity index (χ1) is 10.2. The minimum Gasteiger partial charge on any atom is -0.486 e. The van der Waals surface area contributed by atoms with Gasteiger partial charge in [0.2, 0.25) is 0 Å². The van der Waals surface area contributed by atoms with E-state index in [1.807, 2.05) is 0 Å². The largest absolute Gasteiger partial charge is 0.486 e. The van der Waals surface area contributed by atoms with E-state index in [1.54, 1.807) is 7.11 Å². The van der Waals surface area contributed by atoms with E-state index < -0.39 is 0 Å². The monoisotopic (exact) mass is 291 g/mol. The first kappa shape index (κ1) is 14.7. The van der Waals surface area contributed by atoms with Gasteiger partial charge in [-0.15, -0.1) is 0 Å². The fourth-order valence-electron chi connectivity index (χ4n) is 3.63. The van der Waals surface area contributed by atoms with Crippen molar-refractivity contribution in [2.45, 2.75) is 25.2 Å². The van der Waals surface area contributed by atoms with Crippen molar-refractivity contribution in [3.05, 3.63) is 23.8 Å². The number of benzene rings is 1. The van der Waals surface area contributed by atoms with Gasteiger partial charge in [0, 0.05) is 25.6 Å². The number of rotatable bonds is 6.